The number of amides is 2. The second-order valence-electron chi connectivity index (χ2n) is 8.49. The van der Waals surface area contributed by atoms with Crippen LogP contribution in [-0.2, 0) is 17.9 Å². The van der Waals surface area contributed by atoms with Crippen molar-refractivity contribution in [1.82, 2.24) is 9.80 Å². The first-order valence-electron chi connectivity index (χ1n) is 11.6. The Morgan fingerprint density at radius 1 is 0.969 bits per heavy atom. The zero-order chi connectivity index (χ0) is 22.3. The fourth-order valence-corrected chi connectivity index (χ4v) is 7.10. The fraction of sp³-hybridized carbons (Fsp3) is 0.462. The SMILES string of the molecule is CCSC(=O)CCCCC1SC[C@H]2[C@@H]1N(Cc1ccccc1)C(=O)N2Cc1ccccc1. The molecule has 2 fully saturated rings. The van der Waals surface area contributed by atoms with Gasteiger partial charge in [0.1, 0.15) is 0 Å². The summed E-state index contributed by atoms with van der Waals surface area (Å²) < 4.78 is 0. The molecule has 2 heterocycles. The van der Waals surface area contributed by atoms with E-state index in [0.29, 0.717) is 29.9 Å². The molecule has 6 heteroatoms. The summed E-state index contributed by atoms with van der Waals surface area (Å²) in [5, 5.41) is 0.739. The van der Waals surface area contributed by atoms with Crippen LogP contribution in [-0.4, -0.2) is 49.8 Å². The zero-order valence-corrected chi connectivity index (χ0v) is 20.3. The van der Waals surface area contributed by atoms with E-state index in [1.165, 1.54) is 22.9 Å². The second-order valence-corrected chi connectivity index (χ2v) is 11.1. The van der Waals surface area contributed by atoms with Gasteiger partial charge in [-0.3, -0.25) is 4.79 Å². The normalized spacial score (nSPS) is 22.4. The Bertz CT molecular complexity index is 893. The topological polar surface area (TPSA) is 40.6 Å². The molecule has 2 aliphatic heterocycles. The maximum Gasteiger partial charge on any atom is 0.321 e. The molecule has 0 spiro atoms. The fourth-order valence-electron chi connectivity index (χ4n) is 4.80. The molecule has 2 aromatic rings. The lowest BCUT2D eigenvalue weighted by atomic mass is 10.0. The number of urea groups is 1. The van der Waals surface area contributed by atoms with E-state index in [1.54, 1.807) is 0 Å². The molecule has 0 aliphatic carbocycles. The summed E-state index contributed by atoms with van der Waals surface area (Å²) in [6, 6.07) is 21.3. The number of carbonyl (C=O) groups excluding carboxylic acids is 2. The Morgan fingerprint density at radius 2 is 1.59 bits per heavy atom. The van der Waals surface area contributed by atoms with E-state index < -0.39 is 0 Å². The average molecular weight is 469 g/mol. The molecular weight excluding hydrogens is 436 g/mol. The molecule has 0 N–H and O–H groups in total. The van der Waals surface area contributed by atoms with Gasteiger partial charge in [-0.05, 0) is 29.7 Å². The predicted molar refractivity (Wildman–Crippen MR) is 135 cm³/mol. The Labute approximate surface area is 200 Å². The lowest BCUT2D eigenvalue weighted by Crippen LogP contribution is -2.40. The number of unbranched alkanes of at least 4 members (excludes halogenated alkanes) is 1. The minimum atomic E-state index is 0.160. The van der Waals surface area contributed by atoms with E-state index in [0.717, 1.165) is 30.8 Å². The summed E-state index contributed by atoms with van der Waals surface area (Å²) in [6.45, 7) is 3.36. The van der Waals surface area contributed by atoms with Crippen molar-refractivity contribution in [2.24, 2.45) is 0 Å². The number of benzene rings is 2. The number of hydrogen-bond donors (Lipinski definition) is 0. The Kier molecular flexibility index (Phi) is 8.20. The van der Waals surface area contributed by atoms with Gasteiger partial charge in [-0.1, -0.05) is 85.8 Å². The van der Waals surface area contributed by atoms with Gasteiger partial charge in [0, 0.05) is 30.5 Å². The van der Waals surface area contributed by atoms with Crippen molar-refractivity contribution in [3.63, 3.8) is 0 Å². The monoisotopic (exact) mass is 468 g/mol. The van der Waals surface area contributed by atoms with Crippen molar-refractivity contribution in [2.45, 2.75) is 63.0 Å². The Balaban J connectivity index is 1.46. The van der Waals surface area contributed by atoms with Gasteiger partial charge in [0.05, 0.1) is 12.1 Å². The molecule has 0 saturated carbocycles. The molecule has 1 unspecified atom stereocenters. The number of rotatable bonds is 10. The van der Waals surface area contributed by atoms with Gasteiger partial charge in [-0.25, -0.2) is 4.79 Å². The standard InChI is InChI=1S/C26H32N2O2S2/c1-2-31-24(29)16-10-9-15-23-25-22(19-32-23)27(17-20-11-5-3-6-12-20)26(30)28(25)18-21-13-7-4-8-14-21/h3-8,11-14,22-23,25H,2,9-10,15-19H2,1H3/t22-,23?,25-/m0/s1. The van der Waals surface area contributed by atoms with Gasteiger partial charge < -0.3 is 9.80 Å². The smallest absolute Gasteiger partial charge is 0.314 e. The maximum atomic E-state index is 13.6. The minimum absolute atomic E-state index is 0.160. The minimum Gasteiger partial charge on any atom is -0.314 e. The summed E-state index contributed by atoms with van der Waals surface area (Å²) >= 11 is 3.44. The number of hydrogen-bond acceptors (Lipinski definition) is 4. The Morgan fingerprint density at radius 3 is 2.22 bits per heavy atom. The molecule has 2 amide bonds. The van der Waals surface area contributed by atoms with Crippen LogP contribution in [0.3, 0.4) is 0 Å². The molecule has 32 heavy (non-hydrogen) atoms. The van der Waals surface area contributed by atoms with Crippen LogP contribution in [0.4, 0.5) is 4.79 Å². The Hall–Kier alpha value is -1.92. The van der Waals surface area contributed by atoms with Crippen molar-refractivity contribution in [2.75, 3.05) is 11.5 Å². The number of fused-ring (bicyclic) bond motifs is 1. The van der Waals surface area contributed by atoms with Crippen LogP contribution in [0, 0.1) is 0 Å². The van der Waals surface area contributed by atoms with Crippen molar-refractivity contribution in [3.8, 4) is 0 Å². The molecule has 170 valence electrons. The maximum absolute atomic E-state index is 13.6. The number of nitrogens with zero attached hydrogens (tertiary/aromatic N) is 2. The van der Waals surface area contributed by atoms with Crippen LogP contribution < -0.4 is 0 Å². The van der Waals surface area contributed by atoms with Crippen LogP contribution in [0.5, 0.6) is 0 Å². The highest BCUT2D eigenvalue weighted by atomic mass is 32.2. The molecule has 0 aromatic heterocycles. The van der Waals surface area contributed by atoms with E-state index in [4.69, 9.17) is 0 Å². The molecule has 2 saturated heterocycles. The molecule has 4 nitrogen and oxygen atoms in total. The first-order chi connectivity index (χ1) is 15.7. The molecule has 2 aliphatic rings. The lowest BCUT2D eigenvalue weighted by molar-refractivity contribution is -0.111. The summed E-state index contributed by atoms with van der Waals surface area (Å²) in [7, 11) is 0. The molecule has 0 radical (unpaired) electrons. The van der Waals surface area contributed by atoms with Gasteiger partial charge >= 0.3 is 6.03 Å². The van der Waals surface area contributed by atoms with Gasteiger partial charge in [0.2, 0.25) is 0 Å². The summed E-state index contributed by atoms with van der Waals surface area (Å²) in [4.78, 5) is 29.6. The zero-order valence-electron chi connectivity index (χ0n) is 18.7. The van der Waals surface area contributed by atoms with Crippen LogP contribution in [0.1, 0.15) is 43.7 Å². The molecule has 0 bridgehead atoms. The van der Waals surface area contributed by atoms with E-state index in [1.807, 2.05) is 55.1 Å². The third-order valence-electron chi connectivity index (χ3n) is 6.32. The molecular formula is C26H32N2O2S2. The molecule has 2 aromatic carbocycles. The summed E-state index contributed by atoms with van der Waals surface area (Å²) in [6.07, 6.45) is 3.72. The van der Waals surface area contributed by atoms with E-state index in [-0.39, 0.29) is 18.1 Å². The summed E-state index contributed by atoms with van der Waals surface area (Å²) in [5.41, 5.74) is 2.36. The van der Waals surface area contributed by atoms with Gasteiger partial charge in [-0.2, -0.15) is 11.8 Å². The quantitative estimate of drug-likeness (QED) is 0.326. The van der Waals surface area contributed by atoms with Crippen LogP contribution in [0.2, 0.25) is 0 Å². The van der Waals surface area contributed by atoms with Crippen LogP contribution in [0.15, 0.2) is 60.7 Å². The van der Waals surface area contributed by atoms with Gasteiger partial charge in [-0.15, -0.1) is 0 Å². The van der Waals surface area contributed by atoms with Gasteiger partial charge in [0.15, 0.2) is 5.12 Å². The van der Waals surface area contributed by atoms with Crippen molar-refractivity contribution < 1.29 is 9.59 Å². The number of thioether (sulfide) groups is 2. The van der Waals surface area contributed by atoms with Gasteiger partial charge in [0.25, 0.3) is 0 Å². The van der Waals surface area contributed by atoms with Crippen molar-refractivity contribution in [3.05, 3.63) is 71.8 Å². The largest absolute Gasteiger partial charge is 0.321 e. The first-order valence-corrected chi connectivity index (χ1v) is 13.6. The number of carbonyl (C=O) groups is 2. The van der Waals surface area contributed by atoms with E-state index in [9.17, 15) is 9.59 Å². The highest BCUT2D eigenvalue weighted by Crippen LogP contribution is 2.42. The van der Waals surface area contributed by atoms with Crippen LogP contribution >= 0.6 is 23.5 Å². The van der Waals surface area contributed by atoms with Crippen molar-refractivity contribution >= 4 is 34.7 Å². The highest BCUT2D eigenvalue weighted by Gasteiger charge is 2.52. The molecule has 3 atom stereocenters. The lowest BCUT2D eigenvalue weighted by Gasteiger charge is -2.27. The van der Waals surface area contributed by atoms with Crippen molar-refractivity contribution in [1.29, 1.82) is 0 Å². The molecule has 4 rings (SSSR count). The average Bonchev–Trinajstić information content (AvgIpc) is 3.33. The summed E-state index contributed by atoms with van der Waals surface area (Å²) in [5.74, 6) is 1.85. The second kappa shape index (κ2) is 11.3. The highest BCUT2D eigenvalue weighted by molar-refractivity contribution is 8.13. The van der Waals surface area contributed by atoms with Crippen LogP contribution in [0.25, 0.3) is 0 Å². The third kappa shape index (κ3) is 5.52. The first kappa shape index (κ1) is 23.2. The van der Waals surface area contributed by atoms with E-state index in [2.05, 4.69) is 34.1 Å². The predicted octanol–water partition coefficient (Wildman–Crippen LogP) is 5.82. The van der Waals surface area contributed by atoms with E-state index >= 15 is 0 Å². The third-order valence-corrected chi connectivity index (χ3v) is 8.62.